The number of rotatable bonds is 9. The van der Waals surface area contributed by atoms with E-state index in [0.717, 1.165) is 16.6 Å². The molecule has 0 saturated heterocycles. The fourth-order valence-corrected chi connectivity index (χ4v) is 5.40. The van der Waals surface area contributed by atoms with Gasteiger partial charge in [-0.3, -0.25) is 10.1 Å². The maximum Gasteiger partial charge on any atom is 0.326 e. The molecule has 5 rings (SSSR count). The fraction of sp³-hybridized carbons (Fsp3) is 0.0690. The summed E-state index contributed by atoms with van der Waals surface area (Å²) in [4.78, 5) is 31.6. The Morgan fingerprint density at radius 2 is 1.61 bits per heavy atom. The second kappa shape index (κ2) is 11.5. The van der Waals surface area contributed by atoms with Crippen LogP contribution in [-0.4, -0.2) is 41.5 Å². The maximum absolute atomic E-state index is 13.0. The van der Waals surface area contributed by atoms with Crippen LogP contribution in [0.5, 0.6) is 0 Å². The van der Waals surface area contributed by atoms with Crippen LogP contribution >= 0.6 is 0 Å². The van der Waals surface area contributed by atoms with Crippen molar-refractivity contribution >= 4 is 50.4 Å². The molecule has 1 atom stereocenters. The molecule has 1 heterocycles. The molecule has 11 nitrogen and oxygen atoms in total. The number of carbonyl (C=O) groups excluding carboxylic acids is 1. The van der Waals surface area contributed by atoms with Crippen LogP contribution in [-0.2, 0) is 21.2 Å². The lowest BCUT2D eigenvalue weighted by atomic mass is 10.1. The molecule has 2 amide bonds. The minimum absolute atomic E-state index is 0.0450. The molecule has 0 aliphatic rings. The molecule has 0 unspecified atom stereocenters. The number of fused-ring (bicyclic) bond motifs is 1. The van der Waals surface area contributed by atoms with Crippen LogP contribution in [0.2, 0.25) is 0 Å². The molecule has 0 aliphatic carbocycles. The van der Waals surface area contributed by atoms with E-state index >= 15 is 0 Å². The van der Waals surface area contributed by atoms with Gasteiger partial charge in [0.2, 0.25) is 16.0 Å². The Labute approximate surface area is 235 Å². The number of nitrogens with two attached hydrogens (primary N) is 1. The summed E-state index contributed by atoms with van der Waals surface area (Å²) in [5.74, 6) is -0.987. The summed E-state index contributed by atoms with van der Waals surface area (Å²) in [5, 5.41) is 15.0. The van der Waals surface area contributed by atoms with Gasteiger partial charge in [-0.1, -0.05) is 48.5 Å². The summed E-state index contributed by atoms with van der Waals surface area (Å²) in [6.07, 6.45) is -0.0450. The number of nitrogen functional groups attached to an aromatic ring is 1. The standard InChI is InChI=1S/C29H26N6O5S/c30-21-12-8-18(9-13-21)16-26(27(36)37)35-41(39,40)23-14-10-19(11-15-23)20-4-3-5-22(17-20)31-29(38)34-28-32-24-6-1-2-7-25(24)33-28/h1-15,17,26,35H,16,30H2,(H,36,37)(H3,31,32,33,34,38)/t26-/m0/s1. The van der Waals surface area contributed by atoms with Gasteiger partial charge in [0, 0.05) is 11.4 Å². The van der Waals surface area contributed by atoms with Crippen LogP contribution in [0, 0.1) is 0 Å². The van der Waals surface area contributed by atoms with Crippen molar-refractivity contribution in [3.05, 3.63) is 103 Å². The van der Waals surface area contributed by atoms with Crippen LogP contribution in [0.3, 0.4) is 0 Å². The quantitative estimate of drug-likeness (QED) is 0.142. The maximum atomic E-state index is 13.0. The lowest BCUT2D eigenvalue weighted by Gasteiger charge is -2.15. The predicted octanol–water partition coefficient (Wildman–Crippen LogP) is 4.43. The number of H-pyrrole nitrogens is 1. The third-order valence-corrected chi connectivity index (χ3v) is 7.74. The molecule has 12 heteroatoms. The monoisotopic (exact) mass is 570 g/mol. The molecular formula is C29H26N6O5S. The molecule has 1 aromatic heterocycles. The number of hydrogen-bond donors (Lipinski definition) is 6. The van der Waals surface area contributed by atoms with Gasteiger partial charge in [0.1, 0.15) is 6.04 Å². The molecule has 0 spiro atoms. The van der Waals surface area contributed by atoms with Gasteiger partial charge in [0.25, 0.3) is 0 Å². The molecule has 0 fully saturated rings. The Balaban J connectivity index is 1.25. The zero-order valence-corrected chi connectivity index (χ0v) is 22.4. The number of aliphatic carboxylic acids is 1. The zero-order valence-electron chi connectivity index (χ0n) is 21.5. The number of hydrogen-bond acceptors (Lipinski definition) is 6. The largest absolute Gasteiger partial charge is 0.480 e. The summed E-state index contributed by atoms with van der Waals surface area (Å²) in [5.41, 5.74) is 10.3. The first-order valence-corrected chi connectivity index (χ1v) is 14.0. The van der Waals surface area contributed by atoms with Crippen molar-refractivity contribution in [3.8, 4) is 11.1 Å². The highest BCUT2D eigenvalue weighted by molar-refractivity contribution is 7.89. The van der Waals surface area contributed by atoms with Crippen molar-refractivity contribution in [1.29, 1.82) is 0 Å². The highest BCUT2D eigenvalue weighted by atomic mass is 32.2. The van der Waals surface area contributed by atoms with Crippen molar-refractivity contribution in [2.75, 3.05) is 16.4 Å². The van der Waals surface area contributed by atoms with Gasteiger partial charge < -0.3 is 21.1 Å². The lowest BCUT2D eigenvalue weighted by Crippen LogP contribution is -2.42. The molecule has 208 valence electrons. The number of urea groups is 1. The number of carboxylic acid groups (broad SMARTS) is 1. The van der Waals surface area contributed by atoms with Crippen molar-refractivity contribution in [1.82, 2.24) is 14.7 Å². The van der Waals surface area contributed by atoms with E-state index in [9.17, 15) is 23.1 Å². The van der Waals surface area contributed by atoms with Gasteiger partial charge in [-0.25, -0.2) is 18.2 Å². The number of nitrogens with one attached hydrogen (secondary N) is 4. The van der Waals surface area contributed by atoms with Crippen LogP contribution in [0.15, 0.2) is 102 Å². The molecule has 41 heavy (non-hydrogen) atoms. The van der Waals surface area contributed by atoms with Gasteiger partial charge in [-0.2, -0.15) is 4.72 Å². The number of aromatic nitrogens is 2. The third-order valence-electron chi connectivity index (χ3n) is 6.25. The van der Waals surface area contributed by atoms with Crippen molar-refractivity contribution in [2.24, 2.45) is 0 Å². The van der Waals surface area contributed by atoms with Gasteiger partial charge in [0.05, 0.1) is 15.9 Å². The molecule has 7 N–H and O–H groups in total. The van der Waals surface area contributed by atoms with E-state index in [1.807, 2.05) is 30.3 Å². The molecular weight excluding hydrogens is 544 g/mol. The first kappa shape index (κ1) is 27.4. The summed E-state index contributed by atoms with van der Waals surface area (Å²) >= 11 is 0. The Morgan fingerprint density at radius 1 is 0.878 bits per heavy atom. The number of carboxylic acids is 1. The van der Waals surface area contributed by atoms with E-state index < -0.39 is 28.1 Å². The highest BCUT2D eigenvalue weighted by Crippen LogP contribution is 2.25. The first-order valence-electron chi connectivity index (χ1n) is 12.5. The van der Waals surface area contributed by atoms with Gasteiger partial charge >= 0.3 is 12.0 Å². The smallest absolute Gasteiger partial charge is 0.326 e. The number of benzene rings is 4. The first-order chi connectivity index (χ1) is 19.7. The van der Waals surface area contributed by atoms with Crippen molar-refractivity contribution in [2.45, 2.75) is 17.4 Å². The second-order valence-corrected chi connectivity index (χ2v) is 11.0. The van der Waals surface area contributed by atoms with Crippen LogP contribution in [0.25, 0.3) is 22.2 Å². The minimum Gasteiger partial charge on any atom is -0.480 e. The lowest BCUT2D eigenvalue weighted by molar-refractivity contribution is -0.138. The Hall–Kier alpha value is -5.20. The normalized spacial score (nSPS) is 12.1. The third kappa shape index (κ3) is 6.69. The van der Waals surface area contributed by atoms with Gasteiger partial charge in [-0.05, 0) is 71.6 Å². The van der Waals surface area contributed by atoms with Gasteiger partial charge in [0.15, 0.2) is 0 Å². The van der Waals surface area contributed by atoms with Crippen LogP contribution in [0.1, 0.15) is 5.56 Å². The van der Waals surface area contributed by atoms with Gasteiger partial charge in [-0.15, -0.1) is 0 Å². The van der Waals surface area contributed by atoms with Crippen molar-refractivity contribution < 1.29 is 23.1 Å². The summed E-state index contributed by atoms with van der Waals surface area (Å²) in [6.45, 7) is 0. The predicted molar refractivity (Wildman–Crippen MR) is 157 cm³/mol. The van der Waals surface area contributed by atoms with E-state index in [-0.39, 0.29) is 11.3 Å². The number of anilines is 3. The number of nitrogens with zero attached hydrogens (tertiary/aromatic N) is 1. The van der Waals surface area contributed by atoms with Crippen LogP contribution in [0.4, 0.5) is 22.1 Å². The summed E-state index contributed by atoms with van der Waals surface area (Å²) < 4.78 is 28.2. The van der Waals surface area contributed by atoms with E-state index in [1.165, 1.54) is 12.1 Å². The average molecular weight is 571 g/mol. The fourth-order valence-electron chi connectivity index (χ4n) is 4.21. The topological polar surface area (TPSA) is 179 Å². The molecule has 0 bridgehead atoms. The summed E-state index contributed by atoms with van der Waals surface area (Å²) in [6, 6.07) is 25.2. The molecule has 0 saturated carbocycles. The number of para-hydroxylation sites is 2. The molecule has 0 aliphatic heterocycles. The van der Waals surface area contributed by atoms with E-state index in [1.54, 1.807) is 54.6 Å². The van der Waals surface area contributed by atoms with E-state index in [4.69, 9.17) is 5.73 Å². The minimum atomic E-state index is -4.13. The zero-order chi connectivity index (χ0) is 29.0. The number of sulfonamides is 1. The van der Waals surface area contributed by atoms with E-state index in [0.29, 0.717) is 28.5 Å². The van der Waals surface area contributed by atoms with Crippen molar-refractivity contribution in [3.63, 3.8) is 0 Å². The number of aromatic amines is 1. The molecule has 4 aromatic carbocycles. The average Bonchev–Trinajstić information content (AvgIpc) is 3.36. The molecule has 5 aromatic rings. The van der Waals surface area contributed by atoms with Crippen LogP contribution < -0.4 is 21.1 Å². The number of amides is 2. The SMILES string of the molecule is Nc1ccc(C[C@H](NS(=O)(=O)c2ccc(-c3cccc(NC(=O)Nc4nc5ccccc5[nH]4)c3)cc2)C(=O)O)cc1. The Bertz CT molecular complexity index is 1790. The number of carbonyl (C=O) groups is 2. The second-order valence-electron chi connectivity index (χ2n) is 9.24. The molecule has 0 radical (unpaired) electrons. The Morgan fingerprint density at radius 3 is 2.32 bits per heavy atom. The Kier molecular flexibility index (Phi) is 7.68. The highest BCUT2D eigenvalue weighted by Gasteiger charge is 2.25. The van der Waals surface area contributed by atoms with E-state index in [2.05, 4.69) is 25.3 Å². The summed E-state index contributed by atoms with van der Waals surface area (Å²) in [7, 11) is -4.13. The number of imidazole rings is 1.